The van der Waals surface area contributed by atoms with Crippen LogP contribution in [0.2, 0.25) is 0 Å². The second kappa shape index (κ2) is 4.37. The van der Waals surface area contributed by atoms with Gasteiger partial charge in [0, 0.05) is 19.2 Å². The molecule has 4 nitrogen and oxygen atoms in total. The van der Waals surface area contributed by atoms with Crippen LogP contribution in [0.1, 0.15) is 30.4 Å². The van der Waals surface area contributed by atoms with Crippen molar-refractivity contribution in [1.82, 2.24) is 4.90 Å². The topological polar surface area (TPSA) is 52.9 Å². The average Bonchev–Trinajstić information content (AvgIpc) is 2.74. The van der Waals surface area contributed by atoms with Crippen LogP contribution in [0.5, 0.6) is 0 Å². The predicted molar refractivity (Wildman–Crippen MR) is 73.6 cm³/mol. The summed E-state index contributed by atoms with van der Waals surface area (Å²) in [5.41, 5.74) is 1.23. The lowest BCUT2D eigenvalue weighted by atomic mass is 9.63. The maximum Gasteiger partial charge on any atom is 0.314 e. The van der Waals surface area contributed by atoms with Crippen LogP contribution in [-0.4, -0.2) is 41.9 Å². The van der Waals surface area contributed by atoms with Crippen LogP contribution in [-0.2, 0) is 10.2 Å². The summed E-state index contributed by atoms with van der Waals surface area (Å²) in [6, 6.07) is 7.84. The first-order valence-electron chi connectivity index (χ1n) is 6.74. The lowest BCUT2D eigenvalue weighted by molar-refractivity contribution is -0.147. The van der Waals surface area contributed by atoms with Crippen LogP contribution in [0.4, 0.5) is 0 Å². The Hall–Kier alpha value is -1.84. The van der Waals surface area contributed by atoms with E-state index in [1.807, 2.05) is 31.3 Å². The highest BCUT2D eigenvalue weighted by molar-refractivity contribution is 6.02. The molecule has 1 saturated carbocycles. The Labute approximate surface area is 112 Å². The second-order valence-electron chi connectivity index (χ2n) is 5.41. The third-order valence-electron chi connectivity index (χ3n) is 4.36. The molecule has 1 aromatic carbocycles. The van der Waals surface area contributed by atoms with Crippen molar-refractivity contribution < 1.29 is 9.90 Å². The van der Waals surface area contributed by atoms with Gasteiger partial charge in [0.15, 0.2) is 0 Å². The number of carbonyl (C=O) groups is 1. The number of hydrogen-bond donors (Lipinski definition) is 1. The molecule has 0 atom stereocenters. The number of aliphatic imine (C=N–C) groups is 1. The van der Waals surface area contributed by atoms with Gasteiger partial charge in [-0.05, 0) is 18.4 Å². The molecule has 1 aliphatic heterocycles. The Morgan fingerprint density at radius 2 is 2.11 bits per heavy atom. The zero-order valence-electron chi connectivity index (χ0n) is 11.1. The Morgan fingerprint density at radius 3 is 2.63 bits per heavy atom. The van der Waals surface area contributed by atoms with E-state index in [2.05, 4.69) is 9.89 Å². The van der Waals surface area contributed by atoms with Gasteiger partial charge in [-0.25, -0.2) is 0 Å². The van der Waals surface area contributed by atoms with E-state index in [0.29, 0.717) is 0 Å². The fraction of sp³-hybridized carbons (Fsp3) is 0.467. The monoisotopic (exact) mass is 258 g/mol. The molecule has 3 rings (SSSR count). The number of nitrogens with zero attached hydrogens (tertiary/aromatic N) is 2. The van der Waals surface area contributed by atoms with Gasteiger partial charge in [-0.15, -0.1) is 0 Å². The summed E-state index contributed by atoms with van der Waals surface area (Å²) in [5, 5.41) is 9.62. The van der Waals surface area contributed by atoms with Crippen LogP contribution >= 0.6 is 0 Å². The predicted octanol–water partition coefficient (Wildman–Crippen LogP) is 1.88. The number of likely N-dealkylation sites (N-methyl/N-ethyl adjacent to an activating group) is 1. The van der Waals surface area contributed by atoms with E-state index in [9.17, 15) is 9.90 Å². The highest BCUT2D eigenvalue weighted by Crippen LogP contribution is 2.45. The van der Waals surface area contributed by atoms with Crippen molar-refractivity contribution in [3.8, 4) is 0 Å². The molecule has 4 heteroatoms. The molecule has 100 valence electrons. The Kier molecular flexibility index (Phi) is 2.81. The zero-order chi connectivity index (χ0) is 13.5. The number of rotatable bonds is 3. The van der Waals surface area contributed by atoms with Crippen molar-refractivity contribution in [2.75, 3.05) is 20.1 Å². The molecular weight excluding hydrogens is 240 g/mol. The molecule has 2 aliphatic rings. The standard InChI is InChI=1S/C15H18N2O2/c1-17-10-9-16-13(17)11-5-2-3-6-12(11)15(14(18)19)7-4-8-15/h2-3,5-6H,4,7-10H2,1H3,(H,18,19). The van der Waals surface area contributed by atoms with Crippen LogP contribution in [0.3, 0.4) is 0 Å². The molecule has 1 aromatic rings. The van der Waals surface area contributed by atoms with Gasteiger partial charge >= 0.3 is 5.97 Å². The molecule has 0 radical (unpaired) electrons. The Balaban J connectivity index is 2.10. The number of aliphatic carboxylic acids is 1. The second-order valence-corrected chi connectivity index (χ2v) is 5.41. The number of carboxylic acid groups (broad SMARTS) is 1. The van der Waals surface area contributed by atoms with E-state index in [1.54, 1.807) is 0 Å². The summed E-state index contributed by atoms with van der Waals surface area (Å²) in [6.45, 7) is 1.70. The van der Waals surface area contributed by atoms with Gasteiger partial charge in [-0.3, -0.25) is 9.79 Å². The maximum atomic E-state index is 11.7. The van der Waals surface area contributed by atoms with Crippen LogP contribution < -0.4 is 0 Å². The molecule has 0 unspecified atom stereocenters. The number of carboxylic acids is 1. The molecule has 1 N–H and O–H groups in total. The van der Waals surface area contributed by atoms with E-state index >= 15 is 0 Å². The first-order chi connectivity index (χ1) is 9.15. The van der Waals surface area contributed by atoms with Gasteiger partial charge in [0.2, 0.25) is 0 Å². The minimum Gasteiger partial charge on any atom is -0.481 e. The van der Waals surface area contributed by atoms with E-state index in [1.165, 1.54) is 0 Å². The summed E-state index contributed by atoms with van der Waals surface area (Å²) in [5.74, 6) is 0.232. The minimum atomic E-state index is -0.701. The smallest absolute Gasteiger partial charge is 0.314 e. The van der Waals surface area contributed by atoms with Crippen molar-refractivity contribution in [2.24, 2.45) is 4.99 Å². The van der Waals surface area contributed by atoms with Crippen molar-refractivity contribution in [3.63, 3.8) is 0 Å². The third kappa shape index (κ3) is 1.74. The largest absolute Gasteiger partial charge is 0.481 e. The van der Waals surface area contributed by atoms with Gasteiger partial charge < -0.3 is 10.0 Å². The van der Waals surface area contributed by atoms with Gasteiger partial charge in [0.1, 0.15) is 5.84 Å². The van der Waals surface area contributed by atoms with Gasteiger partial charge in [0.05, 0.1) is 12.0 Å². The van der Waals surface area contributed by atoms with Gasteiger partial charge in [-0.1, -0.05) is 30.7 Å². The number of hydrogen-bond acceptors (Lipinski definition) is 3. The number of benzene rings is 1. The Bertz CT molecular complexity index is 547. The van der Waals surface area contributed by atoms with E-state index in [0.717, 1.165) is 49.3 Å². The molecule has 1 aliphatic carbocycles. The lowest BCUT2D eigenvalue weighted by Gasteiger charge is -2.39. The quantitative estimate of drug-likeness (QED) is 0.900. The Morgan fingerprint density at radius 1 is 1.37 bits per heavy atom. The lowest BCUT2D eigenvalue weighted by Crippen LogP contribution is -2.44. The van der Waals surface area contributed by atoms with Crippen LogP contribution in [0.15, 0.2) is 29.3 Å². The van der Waals surface area contributed by atoms with E-state index in [-0.39, 0.29) is 0 Å². The number of amidine groups is 1. The first-order valence-corrected chi connectivity index (χ1v) is 6.74. The summed E-state index contributed by atoms with van der Waals surface area (Å²) in [6.07, 6.45) is 2.45. The van der Waals surface area contributed by atoms with Crippen molar-refractivity contribution in [2.45, 2.75) is 24.7 Å². The zero-order valence-corrected chi connectivity index (χ0v) is 11.1. The third-order valence-corrected chi connectivity index (χ3v) is 4.36. The van der Waals surface area contributed by atoms with Crippen molar-refractivity contribution in [3.05, 3.63) is 35.4 Å². The molecular formula is C15H18N2O2. The maximum absolute atomic E-state index is 11.7. The van der Waals surface area contributed by atoms with E-state index < -0.39 is 11.4 Å². The summed E-state index contributed by atoms with van der Waals surface area (Å²) >= 11 is 0. The molecule has 0 aromatic heterocycles. The van der Waals surface area contributed by atoms with Crippen molar-refractivity contribution in [1.29, 1.82) is 0 Å². The molecule has 19 heavy (non-hydrogen) atoms. The summed E-state index contributed by atoms with van der Waals surface area (Å²) in [7, 11) is 2.01. The molecule has 0 saturated heterocycles. The highest BCUT2D eigenvalue weighted by atomic mass is 16.4. The summed E-state index contributed by atoms with van der Waals surface area (Å²) < 4.78 is 0. The average molecular weight is 258 g/mol. The van der Waals surface area contributed by atoms with Gasteiger partial charge in [-0.2, -0.15) is 0 Å². The van der Waals surface area contributed by atoms with Crippen LogP contribution in [0, 0.1) is 0 Å². The fourth-order valence-electron chi connectivity index (χ4n) is 3.05. The minimum absolute atomic E-state index is 0.692. The fourth-order valence-corrected chi connectivity index (χ4v) is 3.05. The molecule has 0 bridgehead atoms. The van der Waals surface area contributed by atoms with Gasteiger partial charge in [0.25, 0.3) is 0 Å². The molecule has 0 amide bonds. The van der Waals surface area contributed by atoms with Crippen molar-refractivity contribution >= 4 is 11.8 Å². The van der Waals surface area contributed by atoms with E-state index in [4.69, 9.17) is 0 Å². The molecule has 0 spiro atoms. The van der Waals surface area contributed by atoms with Crippen LogP contribution in [0.25, 0.3) is 0 Å². The highest BCUT2D eigenvalue weighted by Gasteiger charge is 2.47. The normalized spacial score (nSPS) is 20.9. The molecule has 1 heterocycles. The first kappa shape index (κ1) is 12.2. The SMILES string of the molecule is CN1CCN=C1c1ccccc1C1(C(=O)O)CCC1. The molecule has 1 fully saturated rings. The summed E-state index contributed by atoms with van der Waals surface area (Å²) in [4.78, 5) is 18.3.